The summed E-state index contributed by atoms with van der Waals surface area (Å²) in [6, 6.07) is 8.82. The first kappa shape index (κ1) is 35.1. The maximum absolute atomic E-state index is 14.2. The number of hydrogen-bond acceptors (Lipinski definition) is 17. The van der Waals surface area contributed by atoms with E-state index in [1.807, 2.05) is 0 Å². The number of carbonyl (C=O) groups excluding carboxylic acids is 2. The van der Waals surface area contributed by atoms with Crippen LogP contribution in [0, 0.1) is 11.8 Å². The van der Waals surface area contributed by atoms with E-state index in [1.165, 1.54) is 44.6 Å². The lowest BCUT2D eigenvalue weighted by Gasteiger charge is -2.50. The van der Waals surface area contributed by atoms with Crippen molar-refractivity contribution in [1.29, 1.82) is 0 Å². The first-order chi connectivity index (χ1) is 23.4. The van der Waals surface area contributed by atoms with Gasteiger partial charge in [0.25, 0.3) is 0 Å². The van der Waals surface area contributed by atoms with Crippen LogP contribution in [0.15, 0.2) is 36.4 Å². The minimum atomic E-state index is -2.45. The van der Waals surface area contributed by atoms with E-state index in [9.17, 15) is 50.4 Å². The zero-order valence-corrected chi connectivity index (χ0v) is 26.3. The fourth-order valence-electron chi connectivity index (χ4n) is 7.19. The Morgan fingerprint density at radius 1 is 0.776 bits per heavy atom. The summed E-state index contributed by atoms with van der Waals surface area (Å²) in [5.41, 5.74) is 0.937. The molecular weight excluding hydrogens is 656 g/mol. The lowest BCUT2D eigenvalue weighted by molar-refractivity contribution is -0.383. The monoisotopic (exact) mass is 694 g/mol. The van der Waals surface area contributed by atoms with Crippen LogP contribution in [0.3, 0.4) is 0 Å². The van der Waals surface area contributed by atoms with E-state index in [0.29, 0.717) is 11.1 Å². The van der Waals surface area contributed by atoms with Crippen molar-refractivity contribution in [3.8, 4) is 23.0 Å². The highest BCUT2D eigenvalue weighted by Gasteiger charge is 2.65. The van der Waals surface area contributed by atoms with Gasteiger partial charge in [0.2, 0.25) is 5.79 Å². The first-order valence-electron chi connectivity index (χ1n) is 15.5. The number of rotatable bonds is 8. The number of esters is 2. The van der Waals surface area contributed by atoms with E-state index in [-0.39, 0.29) is 23.0 Å². The van der Waals surface area contributed by atoms with Gasteiger partial charge in [0, 0.05) is 11.8 Å². The Morgan fingerprint density at radius 2 is 1.35 bits per heavy atom. The van der Waals surface area contributed by atoms with Crippen LogP contribution in [-0.2, 0) is 33.3 Å². The zero-order chi connectivity index (χ0) is 35.4. The number of fused-ring (bicyclic) bond motifs is 3. The number of benzene rings is 2. The molecule has 49 heavy (non-hydrogen) atoms. The Labute approximate surface area is 278 Å². The zero-order valence-electron chi connectivity index (χ0n) is 26.3. The van der Waals surface area contributed by atoms with Crippen molar-refractivity contribution in [2.45, 2.75) is 66.6 Å². The lowest BCUT2D eigenvalue weighted by atomic mass is 9.52. The van der Waals surface area contributed by atoms with Crippen LogP contribution in [0.4, 0.5) is 0 Å². The summed E-state index contributed by atoms with van der Waals surface area (Å²) in [5.74, 6) is -8.62. The van der Waals surface area contributed by atoms with E-state index < -0.39 is 110 Å². The molecule has 0 aromatic heterocycles. The summed E-state index contributed by atoms with van der Waals surface area (Å²) in [4.78, 5) is 28.0. The molecule has 0 spiro atoms. The smallest absolute Gasteiger partial charge is 0.311 e. The third-order valence-corrected chi connectivity index (χ3v) is 9.76. The van der Waals surface area contributed by atoms with Crippen molar-refractivity contribution >= 4 is 11.9 Å². The molecular formula is C32H38O17. The highest BCUT2D eigenvalue weighted by atomic mass is 16.8. The van der Waals surface area contributed by atoms with E-state index in [2.05, 4.69) is 0 Å². The minimum absolute atomic E-state index is 0.0773. The maximum atomic E-state index is 14.2. The van der Waals surface area contributed by atoms with Crippen LogP contribution in [0.5, 0.6) is 23.0 Å². The van der Waals surface area contributed by atoms with Crippen LogP contribution in [0.2, 0.25) is 0 Å². The highest BCUT2D eigenvalue weighted by Crippen LogP contribution is 2.60. The van der Waals surface area contributed by atoms with Gasteiger partial charge in [-0.1, -0.05) is 12.1 Å². The summed E-state index contributed by atoms with van der Waals surface area (Å²) >= 11 is 0. The van der Waals surface area contributed by atoms with Gasteiger partial charge < -0.3 is 74.0 Å². The average molecular weight is 695 g/mol. The first-order valence-corrected chi connectivity index (χ1v) is 15.5. The SMILES string of the molecule is COc1cc([C@@H]2[C@H]3C(=O)OC[C@@H]4O[C@](CO)(O[C@@H]5O[C@@H](CO)[C@H](O)[C@@H](O)[C@@H]5O)[C@H](OC(=O)[C@H]3[C@@H]2c2ccc(O)c(OC)c2)[C@H]4O)ccc1O. The molecule has 3 saturated heterocycles. The average Bonchev–Trinajstić information content (AvgIpc) is 3.33. The number of phenolic OH excluding ortho intramolecular Hbond substituents is 2. The minimum Gasteiger partial charge on any atom is -0.504 e. The van der Waals surface area contributed by atoms with Gasteiger partial charge in [-0.05, 0) is 35.4 Å². The Morgan fingerprint density at radius 3 is 1.88 bits per heavy atom. The molecule has 0 unspecified atom stereocenters. The van der Waals surface area contributed by atoms with Gasteiger partial charge in [-0.15, -0.1) is 0 Å². The Bertz CT molecular complexity index is 1550. The van der Waals surface area contributed by atoms with Crippen LogP contribution >= 0.6 is 0 Å². The molecule has 3 aliphatic heterocycles. The number of ether oxygens (including phenoxy) is 7. The number of aromatic hydroxyl groups is 2. The Balaban J connectivity index is 1.39. The van der Waals surface area contributed by atoms with E-state index in [0.717, 1.165) is 0 Å². The second-order valence-electron chi connectivity index (χ2n) is 12.4. The lowest BCUT2D eigenvalue weighted by Crippen LogP contribution is -2.63. The molecule has 4 aliphatic rings. The van der Waals surface area contributed by atoms with Crippen molar-refractivity contribution in [1.82, 2.24) is 0 Å². The molecule has 268 valence electrons. The van der Waals surface area contributed by atoms with Crippen molar-refractivity contribution in [3.05, 3.63) is 47.5 Å². The van der Waals surface area contributed by atoms with Gasteiger partial charge in [-0.25, -0.2) is 0 Å². The highest BCUT2D eigenvalue weighted by molar-refractivity contribution is 5.87. The van der Waals surface area contributed by atoms with Crippen LogP contribution in [0.1, 0.15) is 23.0 Å². The van der Waals surface area contributed by atoms with Crippen LogP contribution < -0.4 is 9.47 Å². The Kier molecular flexibility index (Phi) is 9.66. The summed E-state index contributed by atoms with van der Waals surface area (Å²) in [6.45, 7) is -2.50. The molecule has 13 atom stereocenters. The van der Waals surface area contributed by atoms with Crippen LogP contribution in [-0.4, -0.2) is 142 Å². The van der Waals surface area contributed by atoms with E-state index in [1.54, 1.807) is 6.07 Å². The number of carbonyl (C=O) groups is 2. The third-order valence-electron chi connectivity index (χ3n) is 9.76. The molecule has 1 saturated carbocycles. The summed E-state index contributed by atoms with van der Waals surface area (Å²) < 4.78 is 39.0. The predicted octanol–water partition coefficient (Wildman–Crippen LogP) is -2.04. The summed E-state index contributed by atoms with van der Waals surface area (Å²) in [5, 5.41) is 83.1. The second-order valence-corrected chi connectivity index (χ2v) is 12.4. The van der Waals surface area contributed by atoms with Gasteiger partial charge in [0.05, 0.1) is 32.7 Å². The normalized spacial score (nSPS) is 38.9. The largest absolute Gasteiger partial charge is 0.504 e. The molecule has 3 heterocycles. The molecule has 17 nitrogen and oxygen atoms in total. The molecule has 2 aromatic rings. The number of hydrogen-bond donors (Lipinski definition) is 8. The second kappa shape index (κ2) is 13.5. The molecule has 2 aromatic carbocycles. The maximum Gasteiger partial charge on any atom is 0.311 e. The number of aliphatic hydroxyl groups excluding tert-OH is 6. The summed E-state index contributed by atoms with van der Waals surface area (Å²) in [7, 11) is 2.68. The molecule has 2 bridgehead atoms. The van der Waals surface area contributed by atoms with Gasteiger partial charge in [-0.3, -0.25) is 9.59 Å². The number of phenols is 2. The topological polar surface area (TPSA) is 261 Å². The molecule has 8 N–H and O–H groups in total. The van der Waals surface area contributed by atoms with Gasteiger partial charge in [0.15, 0.2) is 35.4 Å². The van der Waals surface area contributed by atoms with Crippen molar-refractivity contribution < 1.29 is 83.6 Å². The predicted molar refractivity (Wildman–Crippen MR) is 158 cm³/mol. The standard InChI is InChI=1S/C32H38O17/c1-43-16-7-12(3-5-14(16)35)20-21(13-4-6-15(36)17(8-13)44-2)23-22(20)29(41)45-10-19-25(38)28(47-30(23)42)32(11-34,48-19)49-31-27(40)26(39)24(37)18(9-33)46-31/h3-8,18-28,31,33-40H,9-11H2,1-2H3/t18-,19-,20-,21+,22+,23-,24-,25-,26+,27-,28+,31-,32+/m0/s1. The molecule has 0 radical (unpaired) electrons. The fourth-order valence-corrected chi connectivity index (χ4v) is 7.19. The van der Waals surface area contributed by atoms with Crippen LogP contribution in [0.25, 0.3) is 0 Å². The van der Waals surface area contributed by atoms with Crippen molar-refractivity contribution in [2.24, 2.45) is 11.8 Å². The Hall–Kier alpha value is -3.78. The van der Waals surface area contributed by atoms with Crippen molar-refractivity contribution in [2.75, 3.05) is 34.0 Å². The number of methoxy groups -OCH3 is 2. The molecule has 0 amide bonds. The molecule has 6 rings (SSSR count). The number of aliphatic hydroxyl groups is 6. The van der Waals surface area contributed by atoms with E-state index >= 15 is 0 Å². The van der Waals surface area contributed by atoms with Gasteiger partial charge >= 0.3 is 11.9 Å². The van der Waals surface area contributed by atoms with Gasteiger partial charge in [-0.2, -0.15) is 0 Å². The third kappa shape index (κ3) is 5.84. The fraction of sp³-hybridized carbons (Fsp3) is 0.562. The number of cyclic esters (lactones) is 1. The molecule has 1 aliphatic carbocycles. The summed E-state index contributed by atoms with van der Waals surface area (Å²) in [6.07, 6.45) is -13.8. The van der Waals surface area contributed by atoms with Crippen molar-refractivity contribution in [3.63, 3.8) is 0 Å². The van der Waals surface area contributed by atoms with E-state index in [4.69, 9.17) is 33.2 Å². The quantitative estimate of drug-likeness (QED) is 0.138. The van der Waals surface area contributed by atoms with Gasteiger partial charge in [0.1, 0.15) is 49.8 Å². The molecule has 17 heteroatoms. The molecule has 4 fully saturated rings.